The van der Waals surface area contributed by atoms with Crippen LogP contribution in [0.15, 0.2) is 85.2 Å². The summed E-state index contributed by atoms with van der Waals surface area (Å²) in [5.74, 6) is -1.89. The molecule has 4 rings (SSSR count). The van der Waals surface area contributed by atoms with Crippen molar-refractivity contribution in [3.05, 3.63) is 96.3 Å². The number of carbonyl (C=O) groups excluding carboxylic acids is 4. The Morgan fingerprint density at radius 3 is 2.39 bits per heavy atom. The molecule has 0 saturated heterocycles. The summed E-state index contributed by atoms with van der Waals surface area (Å²) in [5.41, 5.74) is 9.45. The van der Waals surface area contributed by atoms with Crippen LogP contribution in [0.3, 0.4) is 0 Å². The molecule has 1 unspecified atom stereocenters. The van der Waals surface area contributed by atoms with E-state index in [1.807, 2.05) is 56.3 Å². The smallest absolute Gasteiger partial charge is 0.251 e. The maximum atomic E-state index is 13.1. The predicted octanol–water partition coefficient (Wildman–Crippen LogP) is 3.61. The van der Waals surface area contributed by atoms with Gasteiger partial charge < -0.3 is 16.4 Å². The van der Waals surface area contributed by atoms with Crippen LogP contribution in [-0.4, -0.2) is 45.6 Å². The van der Waals surface area contributed by atoms with Crippen LogP contribution in [0, 0.1) is 5.92 Å². The van der Waals surface area contributed by atoms with Crippen molar-refractivity contribution in [3.63, 3.8) is 0 Å². The van der Waals surface area contributed by atoms with Crippen molar-refractivity contribution in [1.29, 1.82) is 0 Å². The van der Waals surface area contributed by atoms with Crippen molar-refractivity contribution in [2.24, 2.45) is 11.7 Å². The number of fused-ring (bicyclic) bond motifs is 1. The number of ketones is 2. The number of nitrogens with zero attached hydrogens (tertiary/aromatic N) is 2. The number of hydrogen-bond donors (Lipinski definition) is 3. The molecule has 0 radical (unpaired) electrons. The first-order valence-electron chi connectivity index (χ1n) is 13.5. The highest BCUT2D eigenvalue weighted by atomic mass is 16.2. The van der Waals surface area contributed by atoms with Gasteiger partial charge in [0.15, 0.2) is 11.6 Å². The van der Waals surface area contributed by atoms with E-state index in [-0.39, 0.29) is 12.3 Å². The normalized spacial score (nSPS) is 12.5. The van der Waals surface area contributed by atoms with Crippen molar-refractivity contribution < 1.29 is 19.2 Å². The van der Waals surface area contributed by atoms with Gasteiger partial charge in [-0.15, -0.1) is 0 Å². The van der Waals surface area contributed by atoms with Gasteiger partial charge in [0.05, 0.1) is 30.1 Å². The minimum Gasteiger partial charge on any atom is -0.342 e. The van der Waals surface area contributed by atoms with Crippen molar-refractivity contribution >= 4 is 34.3 Å². The van der Waals surface area contributed by atoms with Gasteiger partial charge in [0.2, 0.25) is 5.91 Å². The van der Waals surface area contributed by atoms with Gasteiger partial charge in [-0.25, -0.2) is 0 Å². The zero-order valence-corrected chi connectivity index (χ0v) is 23.0. The summed E-state index contributed by atoms with van der Waals surface area (Å²) in [6.45, 7) is 3.84. The number of pyridine rings is 2. The summed E-state index contributed by atoms with van der Waals surface area (Å²) in [7, 11) is 0. The molecule has 0 spiro atoms. The highest BCUT2D eigenvalue weighted by Crippen LogP contribution is 2.18. The maximum Gasteiger partial charge on any atom is 0.251 e. The number of carbonyl (C=O) groups is 4. The highest BCUT2D eigenvalue weighted by Gasteiger charge is 2.27. The average molecular weight is 552 g/mol. The first-order chi connectivity index (χ1) is 19.7. The third kappa shape index (κ3) is 8.12. The molecule has 0 saturated carbocycles. The SMILES string of the molecule is CC(C)C[C@H](NC(=O)c1ccc2ncccc2c1)C(=O)CC(=O)C(N)NC(=O)Cc1cccc(-c2ccccn2)c1. The summed E-state index contributed by atoms with van der Waals surface area (Å²) >= 11 is 0. The molecule has 2 heterocycles. The number of nitrogens with one attached hydrogen (secondary N) is 2. The van der Waals surface area contributed by atoms with Gasteiger partial charge in [-0.05, 0) is 60.4 Å². The van der Waals surface area contributed by atoms with Crippen LogP contribution in [-0.2, 0) is 20.8 Å². The van der Waals surface area contributed by atoms with Gasteiger partial charge in [-0.3, -0.25) is 29.1 Å². The topological polar surface area (TPSA) is 144 Å². The third-order valence-electron chi connectivity index (χ3n) is 6.53. The number of aromatic nitrogens is 2. The zero-order valence-electron chi connectivity index (χ0n) is 23.0. The van der Waals surface area contributed by atoms with Crippen LogP contribution in [0.2, 0.25) is 0 Å². The molecule has 210 valence electrons. The molecular formula is C32H33N5O4. The van der Waals surface area contributed by atoms with Gasteiger partial charge in [0, 0.05) is 28.9 Å². The van der Waals surface area contributed by atoms with E-state index in [0.29, 0.717) is 12.0 Å². The van der Waals surface area contributed by atoms with Crippen LogP contribution in [0.1, 0.15) is 42.6 Å². The van der Waals surface area contributed by atoms with Crippen LogP contribution >= 0.6 is 0 Å². The fourth-order valence-electron chi connectivity index (χ4n) is 4.47. The molecule has 41 heavy (non-hydrogen) atoms. The van der Waals surface area contributed by atoms with E-state index < -0.39 is 42.0 Å². The van der Waals surface area contributed by atoms with Crippen LogP contribution in [0.4, 0.5) is 0 Å². The van der Waals surface area contributed by atoms with Gasteiger partial charge >= 0.3 is 0 Å². The molecule has 0 aliphatic heterocycles. The van der Waals surface area contributed by atoms with Crippen LogP contribution in [0.5, 0.6) is 0 Å². The van der Waals surface area contributed by atoms with Gasteiger partial charge in [-0.2, -0.15) is 0 Å². The molecule has 0 aliphatic rings. The number of hydrogen-bond acceptors (Lipinski definition) is 7. The van der Waals surface area contributed by atoms with E-state index in [1.165, 1.54) is 0 Å². The molecule has 2 aromatic heterocycles. The van der Waals surface area contributed by atoms with Crippen molar-refractivity contribution in [2.75, 3.05) is 0 Å². The van der Waals surface area contributed by atoms with Crippen molar-refractivity contribution in [1.82, 2.24) is 20.6 Å². The summed E-state index contributed by atoms with van der Waals surface area (Å²) < 4.78 is 0. The quantitative estimate of drug-likeness (QED) is 0.180. The second-order valence-corrected chi connectivity index (χ2v) is 10.3. The lowest BCUT2D eigenvalue weighted by Crippen LogP contribution is -2.50. The fraction of sp³-hybridized carbons (Fsp3) is 0.250. The molecule has 2 amide bonds. The average Bonchev–Trinajstić information content (AvgIpc) is 2.96. The number of nitrogens with two attached hydrogens (primary N) is 1. The van der Waals surface area contributed by atoms with E-state index in [4.69, 9.17) is 5.73 Å². The Bertz CT molecular complexity index is 1550. The van der Waals surface area contributed by atoms with E-state index in [2.05, 4.69) is 20.6 Å². The Balaban J connectivity index is 1.34. The minimum atomic E-state index is -1.35. The monoisotopic (exact) mass is 551 g/mol. The van der Waals surface area contributed by atoms with E-state index in [1.54, 1.807) is 42.7 Å². The van der Waals surface area contributed by atoms with Crippen LogP contribution < -0.4 is 16.4 Å². The maximum absolute atomic E-state index is 13.1. The lowest BCUT2D eigenvalue weighted by atomic mass is 9.96. The standard InChI is InChI=1S/C32H33N5O4/c1-20(2)15-27(36-32(41)24-11-12-26-23(18-24)9-6-14-35-26)28(38)19-29(39)31(33)37-30(40)17-21-7-5-8-22(16-21)25-10-3-4-13-34-25/h3-14,16,18,20,27,31H,15,17,19,33H2,1-2H3,(H,36,41)(H,37,40)/t27-,31?/m0/s1. The Morgan fingerprint density at radius 1 is 0.829 bits per heavy atom. The molecule has 2 atom stereocenters. The predicted molar refractivity (Wildman–Crippen MR) is 157 cm³/mol. The molecule has 2 aromatic carbocycles. The second kappa shape index (κ2) is 13.5. The lowest BCUT2D eigenvalue weighted by molar-refractivity contribution is -0.132. The first-order valence-corrected chi connectivity index (χ1v) is 13.5. The Morgan fingerprint density at radius 2 is 1.63 bits per heavy atom. The van der Waals surface area contributed by atoms with Gasteiger partial charge in [0.1, 0.15) is 6.17 Å². The summed E-state index contributed by atoms with van der Waals surface area (Å²) in [4.78, 5) is 60.1. The fourth-order valence-corrected chi connectivity index (χ4v) is 4.47. The number of benzene rings is 2. The minimum absolute atomic E-state index is 0.00289. The van der Waals surface area contributed by atoms with Crippen molar-refractivity contribution in [3.8, 4) is 11.3 Å². The second-order valence-electron chi connectivity index (χ2n) is 10.3. The molecule has 4 N–H and O–H groups in total. The molecule has 0 fully saturated rings. The molecule has 4 aromatic rings. The molecule has 0 aliphatic carbocycles. The molecule has 0 bridgehead atoms. The summed E-state index contributed by atoms with van der Waals surface area (Å²) in [6, 6.07) is 20.8. The third-order valence-corrected chi connectivity index (χ3v) is 6.53. The molecular weight excluding hydrogens is 518 g/mol. The van der Waals surface area contributed by atoms with Crippen LogP contribution in [0.25, 0.3) is 22.2 Å². The van der Waals surface area contributed by atoms with Crippen molar-refractivity contribution in [2.45, 2.75) is 45.3 Å². The number of Topliss-reactive ketones (excluding diaryl/α,β-unsaturated/α-hetero) is 2. The summed E-state index contributed by atoms with van der Waals surface area (Å²) in [5, 5.41) is 6.05. The number of rotatable bonds is 12. The van der Waals surface area contributed by atoms with Gasteiger partial charge in [-0.1, -0.05) is 44.2 Å². The largest absolute Gasteiger partial charge is 0.342 e. The van der Waals surface area contributed by atoms with E-state index in [0.717, 1.165) is 27.7 Å². The van der Waals surface area contributed by atoms with Gasteiger partial charge in [0.25, 0.3) is 5.91 Å². The number of amides is 2. The van der Waals surface area contributed by atoms with E-state index in [9.17, 15) is 19.2 Å². The molecule has 9 heteroatoms. The first kappa shape index (κ1) is 29.2. The van der Waals surface area contributed by atoms with E-state index >= 15 is 0 Å². The Kier molecular flexibility index (Phi) is 9.65. The highest BCUT2D eigenvalue weighted by molar-refractivity contribution is 6.06. The Labute approximate surface area is 238 Å². The lowest BCUT2D eigenvalue weighted by Gasteiger charge is -2.20. The summed E-state index contributed by atoms with van der Waals surface area (Å²) in [6.07, 6.45) is 1.85. The molecule has 9 nitrogen and oxygen atoms in total. The zero-order chi connectivity index (χ0) is 29.4. The Hall–Kier alpha value is -4.76.